The van der Waals surface area contributed by atoms with Crippen molar-refractivity contribution in [2.45, 2.75) is 6.61 Å². The molecule has 0 atom stereocenters. The van der Waals surface area contributed by atoms with Crippen LogP contribution in [0.3, 0.4) is 0 Å². The van der Waals surface area contributed by atoms with Crippen molar-refractivity contribution in [3.8, 4) is 11.8 Å². The molecule has 1 amide bonds. The number of hydrogen-bond acceptors (Lipinski definition) is 3. The fourth-order valence-corrected chi connectivity index (χ4v) is 5.48. The highest BCUT2D eigenvalue weighted by molar-refractivity contribution is 14.1. The number of hydrogen-bond donors (Lipinski definition) is 1. The highest BCUT2D eigenvalue weighted by Crippen LogP contribution is 2.32. The number of nitrogens with zero attached hydrogens (tertiary/aromatic N) is 1. The van der Waals surface area contributed by atoms with Crippen LogP contribution in [0.5, 0.6) is 5.75 Å². The van der Waals surface area contributed by atoms with Crippen LogP contribution in [0.15, 0.2) is 60.2 Å². The Morgan fingerprint density at radius 2 is 1.72 bits per heavy atom. The van der Waals surface area contributed by atoms with Crippen molar-refractivity contribution in [2.75, 3.05) is 5.32 Å². The third-order valence-corrected chi connectivity index (χ3v) is 7.33. The molecule has 1 N–H and O–H groups in total. The molecule has 0 unspecified atom stereocenters. The van der Waals surface area contributed by atoms with E-state index in [0.717, 1.165) is 18.5 Å². The molecule has 0 radical (unpaired) electrons. The number of ether oxygens (including phenoxy) is 1. The van der Waals surface area contributed by atoms with Gasteiger partial charge in [-0.1, -0.05) is 41.4 Å². The van der Waals surface area contributed by atoms with Gasteiger partial charge in [-0.25, -0.2) is 0 Å². The number of rotatable bonds is 6. The smallest absolute Gasteiger partial charge is 0.266 e. The van der Waals surface area contributed by atoms with E-state index < -0.39 is 5.91 Å². The normalized spacial score (nSPS) is 11.1. The van der Waals surface area contributed by atoms with E-state index in [1.54, 1.807) is 18.2 Å². The van der Waals surface area contributed by atoms with Crippen molar-refractivity contribution in [1.82, 2.24) is 0 Å². The number of nitriles is 1. The molecule has 32 heavy (non-hydrogen) atoms. The minimum Gasteiger partial charge on any atom is -0.487 e. The van der Waals surface area contributed by atoms with Crippen LogP contribution >= 0.6 is 91.0 Å². The lowest BCUT2D eigenvalue weighted by molar-refractivity contribution is -0.112. The summed E-state index contributed by atoms with van der Waals surface area (Å²) in [4.78, 5) is 12.6. The summed E-state index contributed by atoms with van der Waals surface area (Å²) in [7, 11) is 0. The molecule has 0 bridgehead atoms. The average Bonchev–Trinajstić information content (AvgIpc) is 2.76. The average molecular weight is 801 g/mol. The van der Waals surface area contributed by atoms with Gasteiger partial charge in [-0.15, -0.1) is 0 Å². The molecule has 3 aromatic rings. The lowest BCUT2D eigenvalue weighted by atomic mass is 10.1. The predicted octanol–water partition coefficient (Wildman–Crippen LogP) is 7.93. The maximum absolute atomic E-state index is 12.6. The number of anilines is 1. The lowest BCUT2D eigenvalue weighted by Gasteiger charge is -2.12. The summed E-state index contributed by atoms with van der Waals surface area (Å²) in [6, 6.07) is 18.7. The topological polar surface area (TPSA) is 62.1 Å². The highest BCUT2D eigenvalue weighted by atomic mass is 127. The van der Waals surface area contributed by atoms with Crippen LogP contribution in [0.4, 0.5) is 5.69 Å². The molecule has 162 valence electrons. The number of benzene rings is 3. The van der Waals surface area contributed by atoms with Crippen molar-refractivity contribution in [1.29, 1.82) is 5.26 Å². The molecule has 0 aliphatic carbocycles. The fraction of sp³-hybridized carbons (Fsp3) is 0.0435. The second kappa shape index (κ2) is 11.9. The van der Waals surface area contributed by atoms with E-state index in [9.17, 15) is 10.1 Å². The Bertz CT molecular complexity index is 1220. The molecular formula is C23H13Cl2I3N2O2. The van der Waals surface area contributed by atoms with Crippen LogP contribution in [-0.4, -0.2) is 5.91 Å². The SMILES string of the molecule is N#C/C(=C/c1cc(I)c(OCc2ccc(I)cc2)c(I)c1)C(=O)Nc1cccc(Cl)c1Cl. The van der Waals surface area contributed by atoms with Gasteiger partial charge in [-0.3, -0.25) is 4.79 Å². The van der Waals surface area contributed by atoms with E-state index >= 15 is 0 Å². The number of amides is 1. The van der Waals surface area contributed by atoms with Gasteiger partial charge in [0.2, 0.25) is 0 Å². The molecule has 0 aliphatic heterocycles. The summed E-state index contributed by atoms with van der Waals surface area (Å²) in [5.74, 6) is 0.191. The fourth-order valence-electron chi connectivity index (χ4n) is 2.64. The van der Waals surface area contributed by atoms with Crippen LogP contribution in [0.2, 0.25) is 10.0 Å². The minimum atomic E-state index is -0.569. The Kier molecular flexibility index (Phi) is 9.48. The van der Waals surface area contributed by atoms with Crippen LogP contribution in [-0.2, 0) is 11.4 Å². The largest absolute Gasteiger partial charge is 0.487 e. The molecule has 0 aliphatic rings. The van der Waals surface area contributed by atoms with Gasteiger partial charge < -0.3 is 10.1 Å². The van der Waals surface area contributed by atoms with E-state index in [2.05, 4.69) is 73.1 Å². The molecule has 3 rings (SSSR count). The summed E-state index contributed by atoms with van der Waals surface area (Å²) < 4.78 is 8.94. The first kappa shape index (κ1) is 25.6. The highest BCUT2D eigenvalue weighted by Gasteiger charge is 2.14. The monoisotopic (exact) mass is 800 g/mol. The quantitative estimate of drug-likeness (QED) is 0.157. The molecular weight excluding hydrogens is 788 g/mol. The first-order chi connectivity index (χ1) is 15.3. The summed E-state index contributed by atoms with van der Waals surface area (Å²) in [6.07, 6.45) is 1.53. The number of halogens is 5. The first-order valence-electron chi connectivity index (χ1n) is 9.02. The maximum atomic E-state index is 12.6. The zero-order valence-corrected chi connectivity index (χ0v) is 24.1. The molecule has 3 aromatic carbocycles. The molecule has 0 fully saturated rings. The lowest BCUT2D eigenvalue weighted by Crippen LogP contribution is -2.13. The van der Waals surface area contributed by atoms with Gasteiger partial charge in [0.1, 0.15) is 24.0 Å². The van der Waals surface area contributed by atoms with Gasteiger partial charge >= 0.3 is 0 Å². The molecule has 0 aromatic heterocycles. The van der Waals surface area contributed by atoms with Gasteiger partial charge in [0.25, 0.3) is 5.91 Å². The second-order valence-corrected chi connectivity index (χ2v) is 10.8. The molecule has 4 nitrogen and oxygen atoms in total. The zero-order valence-electron chi connectivity index (χ0n) is 16.1. The van der Waals surface area contributed by atoms with Crippen LogP contribution < -0.4 is 10.1 Å². The van der Waals surface area contributed by atoms with E-state index in [1.165, 1.54) is 9.65 Å². The van der Waals surface area contributed by atoms with Crippen LogP contribution in [0, 0.1) is 22.0 Å². The Morgan fingerprint density at radius 3 is 2.34 bits per heavy atom. The Hall–Kier alpha value is -1.07. The van der Waals surface area contributed by atoms with Gasteiger partial charge in [-0.05, 0) is 121 Å². The van der Waals surface area contributed by atoms with Gasteiger partial charge in [-0.2, -0.15) is 5.26 Å². The molecule has 9 heteroatoms. The van der Waals surface area contributed by atoms with E-state index in [4.69, 9.17) is 27.9 Å². The van der Waals surface area contributed by atoms with Crippen molar-refractivity contribution < 1.29 is 9.53 Å². The van der Waals surface area contributed by atoms with Crippen LogP contribution in [0.25, 0.3) is 6.08 Å². The number of carbonyl (C=O) groups is 1. The molecule has 0 saturated heterocycles. The van der Waals surface area contributed by atoms with Gasteiger partial charge in [0.05, 0.1) is 22.9 Å². The van der Waals surface area contributed by atoms with Gasteiger partial charge in [0, 0.05) is 3.57 Å². The summed E-state index contributed by atoms with van der Waals surface area (Å²) in [5, 5.41) is 12.7. The molecule has 0 spiro atoms. The zero-order chi connectivity index (χ0) is 23.3. The van der Waals surface area contributed by atoms with E-state index in [0.29, 0.717) is 22.9 Å². The standard InChI is InChI=1S/C23H13Cl2I3N2O2/c24-17-2-1-3-20(21(17)25)30-23(31)15(11-29)8-14-9-18(27)22(19(28)10-14)32-12-13-4-6-16(26)7-5-13/h1-10H,12H2,(H,30,31)/b15-8-. The third kappa shape index (κ3) is 6.72. The van der Waals surface area contributed by atoms with Crippen molar-refractivity contribution in [3.05, 3.63) is 92.1 Å². The van der Waals surface area contributed by atoms with Crippen molar-refractivity contribution in [2.24, 2.45) is 0 Å². The van der Waals surface area contributed by atoms with E-state index in [1.807, 2.05) is 42.5 Å². The second-order valence-electron chi connectivity index (χ2n) is 6.45. The summed E-state index contributed by atoms with van der Waals surface area (Å²) in [6.45, 7) is 0.449. The van der Waals surface area contributed by atoms with Crippen molar-refractivity contribution in [3.63, 3.8) is 0 Å². The molecule has 0 heterocycles. The third-order valence-electron chi connectivity index (χ3n) is 4.19. The Balaban J connectivity index is 1.78. The van der Waals surface area contributed by atoms with Crippen LogP contribution in [0.1, 0.15) is 11.1 Å². The summed E-state index contributed by atoms with van der Waals surface area (Å²) in [5.41, 5.74) is 2.07. The Labute approximate surface area is 236 Å². The Morgan fingerprint density at radius 1 is 1.06 bits per heavy atom. The summed E-state index contributed by atoms with van der Waals surface area (Å²) >= 11 is 18.7. The first-order valence-corrected chi connectivity index (χ1v) is 13.0. The van der Waals surface area contributed by atoms with Crippen molar-refractivity contribution >= 4 is 109 Å². The molecule has 0 saturated carbocycles. The van der Waals surface area contributed by atoms with E-state index in [-0.39, 0.29) is 10.6 Å². The predicted molar refractivity (Wildman–Crippen MR) is 154 cm³/mol. The maximum Gasteiger partial charge on any atom is 0.266 e. The number of carbonyl (C=O) groups excluding carboxylic acids is 1. The number of nitrogens with one attached hydrogen (secondary N) is 1. The van der Waals surface area contributed by atoms with Gasteiger partial charge in [0.15, 0.2) is 0 Å². The minimum absolute atomic E-state index is 0.0554.